The number of aromatic hydroxyl groups is 1. The van der Waals surface area contributed by atoms with Crippen molar-refractivity contribution < 1.29 is 9.90 Å². The first-order valence-corrected chi connectivity index (χ1v) is 7.49. The Labute approximate surface area is 129 Å². The van der Waals surface area contributed by atoms with Crippen LogP contribution in [0.5, 0.6) is 5.75 Å². The van der Waals surface area contributed by atoms with Crippen molar-refractivity contribution in [2.24, 2.45) is 0 Å². The van der Waals surface area contributed by atoms with E-state index in [9.17, 15) is 14.7 Å². The molecule has 0 fully saturated rings. The molecule has 1 atom stereocenters. The molecule has 0 aliphatic heterocycles. The second-order valence-electron chi connectivity index (χ2n) is 4.82. The Bertz CT molecular complexity index is 886. The van der Waals surface area contributed by atoms with Gasteiger partial charge in [-0.15, -0.1) is 11.3 Å². The zero-order chi connectivity index (χ0) is 15.7. The van der Waals surface area contributed by atoms with Gasteiger partial charge in [-0.05, 0) is 36.1 Å². The van der Waals surface area contributed by atoms with E-state index in [0.717, 1.165) is 5.56 Å². The topological polar surface area (TPSA) is 95.1 Å². The molecule has 0 saturated carbocycles. The molecule has 0 radical (unpaired) electrons. The van der Waals surface area contributed by atoms with Gasteiger partial charge in [0.25, 0.3) is 11.5 Å². The molecule has 0 saturated heterocycles. The minimum Gasteiger partial charge on any atom is -0.505 e. The zero-order valence-electron chi connectivity index (χ0n) is 11.7. The van der Waals surface area contributed by atoms with Crippen LogP contribution in [0.15, 0.2) is 40.8 Å². The Morgan fingerprint density at radius 3 is 2.82 bits per heavy atom. The summed E-state index contributed by atoms with van der Waals surface area (Å²) >= 11 is 1.26. The van der Waals surface area contributed by atoms with Crippen molar-refractivity contribution in [3.63, 3.8) is 0 Å². The molecule has 3 aromatic rings. The van der Waals surface area contributed by atoms with Crippen molar-refractivity contribution in [1.29, 1.82) is 0 Å². The number of nitrogens with zero attached hydrogens (tertiary/aromatic N) is 1. The number of hydrogen-bond acceptors (Lipinski definition) is 5. The molecule has 0 aromatic carbocycles. The summed E-state index contributed by atoms with van der Waals surface area (Å²) in [5, 5.41) is 14.6. The number of nitrogens with one attached hydrogen (secondary N) is 2. The summed E-state index contributed by atoms with van der Waals surface area (Å²) in [6.45, 7) is 1.79. The van der Waals surface area contributed by atoms with Crippen LogP contribution in [0, 0.1) is 0 Å². The number of carbonyl (C=O) groups is 1. The van der Waals surface area contributed by atoms with E-state index >= 15 is 0 Å². The highest BCUT2D eigenvalue weighted by atomic mass is 32.1. The number of pyridine rings is 2. The third kappa shape index (κ3) is 2.46. The highest BCUT2D eigenvalue weighted by Crippen LogP contribution is 2.29. The molecule has 22 heavy (non-hydrogen) atoms. The van der Waals surface area contributed by atoms with E-state index in [1.165, 1.54) is 11.3 Å². The van der Waals surface area contributed by atoms with E-state index in [2.05, 4.69) is 15.3 Å². The molecule has 6 nitrogen and oxygen atoms in total. The summed E-state index contributed by atoms with van der Waals surface area (Å²) in [7, 11) is 0. The fourth-order valence-electron chi connectivity index (χ4n) is 2.21. The number of thiophene rings is 1. The first-order chi connectivity index (χ1) is 10.6. The second-order valence-corrected chi connectivity index (χ2v) is 5.73. The number of amides is 1. The molecule has 3 N–H and O–H groups in total. The number of carbonyl (C=O) groups excluding carboxylic acids is 1. The fourth-order valence-corrected chi connectivity index (χ4v) is 3.01. The molecule has 0 bridgehead atoms. The normalized spacial score (nSPS) is 12.2. The maximum absolute atomic E-state index is 12.3. The molecule has 0 aliphatic rings. The average Bonchev–Trinajstić information content (AvgIpc) is 2.96. The van der Waals surface area contributed by atoms with Crippen molar-refractivity contribution in [2.75, 3.05) is 0 Å². The number of hydrogen-bond donors (Lipinski definition) is 3. The number of aromatic nitrogens is 2. The smallest absolute Gasteiger partial charge is 0.265 e. The Hall–Kier alpha value is -2.67. The quantitative estimate of drug-likeness (QED) is 0.690. The monoisotopic (exact) mass is 315 g/mol. The Morgan fingerprint density at radius 2 is 2.09 bits per heavy atom. The third-order valence-electron chi connectivity index (χ3n) is 3.37. The lowest BCUT2D eigenvalue weighted by atomic mass is 10.1. The molecule has 1 amide bonds. The van der Waals surface area contributed by atoms with E-state index < -0.39 is 11.5 Å². The highest BCUT2D eigenvalue weighted by Gasteiger charge is 2.21. The van der Waals surface area contributed by atoms with Crippen LogP contribution >= 0.6 is 11.3 Å². The molecule has 7 heteroatoms. The third-order valence-corrected chi connectivity index (χ3v) is 4.29. The minimum absolute atomic E-state index is 0.268. The summed E-state index contributed by atoms with van der Waals surface area (Å²) < 4.78 is 0.487. The molecule has 3 rings (SSSR count). The molecule has 3 aromatic heterocycles. The van der Waals surface area contributed by atoms with Crippen LogP contribution in [0.25, 0.3) is 10.2 Å². The van der Waals surface area contributed by atoms with Crippen molar-refractivity contribution in [2.45, 2.75) is 13.0 Å². The Kier molecular flexibility index (Phi) is 3.64. The predicted octanol–water partition coefficient (Wildman–Crippen LogP) is 2.18. The van der Waals surface area contributed by atoms with Gasteiger partial charge in [0.1, 0.15) is 5.56 Å². The standard InChI is InChI=1S/C15H13N3O3S/c1-8(9-2-5-16-6-3-9)17-14(20)11-12(19)13-10(4-7-22-13)18-15(11)21/h2-8H,1H3,(H,17,20)(H2,18,19,21). The Balaban J connectivity index is 1.94. The van der Waals surface area contributed by atoms with Crippen molar-refractivity contribution in [1.82, 2.24) is 15.3 Å². The summed E-state index contributed by atoms with van der Waals surface area (Å²) in [5.41, 5.74) is 0.501. The van der Waals surface area contributed by atoms with Crippen molar-refractivity contribution in [3.8, 4) is 5.75 Å². The minimum atomic E-state index is -0.613. The number of fused-ring (bicyclic) bond motifs is 1. The number of aromatic amines is 1. The summed E-state index contributed by atoms with van der Waals surface area (Å²) in [6.07, 6.45) is 3.25. The fraction of sp³-hybridized carbons (Fsp3) is 0.133. The highest BCUT2D eigenvalue weighted by molar-refractivity contribution is 7.17. The van der Waals surface area contributed by atoms with E-state index in [4.69, 9.17) is 0 Å². The first-order valence-electron chi connectivity index (χ1n) is 6.61. The summed E-state index contributed by atoms with van der Waals surface area (Å²) in [4.78, 5) is 30.9. The summed E-state index contributed by atoms with van der Waals surface area (Å²) in [6, 6.07) is 4.92. The van der Waals surface area contributed by atoms with Gasteiger partial charge in [-0.1, -0.05) is 0 Å². The lowest BCUT2D eigenvalue weighted by Gasteiger charge is -2.14. The van der Waals surface area contributed by atoms with E-state index in [0.29, 0.717) is 10.2 Å². The largest absolute Gasteiger partial charge is 0.505 e. The van der Waals surface area contributed by atoms with Gasteiger partial charge >= 0.3 is 0 Å². The van der Waals surface area contributed by atoms with Crippen LogP contribution in [0.1, 0.15) is 28.9 Å². The molecular formula is C15H13N3O3S. The molecule has 1 unspecified atom stereocenters. The maximum Gasteiger partial charge on any atom is 0.265 e. The molecular weight excluding hydrogens is 302 g/mol. The van der Waals surface area contributed by atoms with Crippen LogP contribution in [0.4, 0.5) is 0 Å². The number of rotatable bonds is 3. The van der Waals surface area contributed by atoms with Crippen LogP contribution in [-0.4, -0.2) is 21.0 Å². The van der Waals surface area contributed by atoms with Gasteiger partial charge < -0.3 is 15.4 Å². The zero-order valence-corrected chi connectivity index (χ0v) is 12.5. The molecule has 0 spiro atoms. The SMILES string of the molecule is CC(NC(=O)c1c(O)c2sccc2[nH]c1=O)c1ccncc1. The van der Waals surface area contributed by atoms with Gasteiger partial charge in [0.05, 0.1) is 16.3 Å². The van der Waals surface area contributed by atoms with Crippen LogP contribution in [-0.2, 0) is 0 Å². The second kappa shape index (κ2) is 5.61. The van der Waals surface area contributed by atoms with Gasteiger partial charge in [0.2, 0.25) is 0 Å². The van der Waals surface area contributed by atoms with Gasteiger partial charge in [-0.25, -0.2) is 0 Å². The van der Waals surface area contributed by atoms with Gasteiger partial charge in [0.15, 0.2) is 5.75 Å². The lowest BCUT2D eigenvalue weighted by Crippen LogP contribution is -2.31. The maximum atomic E-state index is 12.3. The molecule has 3 heterocycles. The number of H-pyrrole nitrogens is 1. The van der Waals surface area contributed by atoms with Crippen LogP contribution < -0.4 is 10.9 Å². The predicted molar refractivity (Wildman–Crippen MR) is 84.2 cm³/mol. The molecule has 0 aliphatic carbocycles. The van der Waals surface area contributed by atoms with E-state index in [1.807, 2.05) is 0 Å². The van der Waals surface area contributed by atoms with Gasteiger partial charge in [-0.2, -0.15) is 0 Å². The van der Waals surface area contributed by atoms with Crippen LogP contribution in [0.3, 0.4) is 0 Å². The van der Waals surface area contributed by atoms with Crippen molar-refractivity contribution in [3.05, 3.63) is 57.5 Å². The van der Waals surface area contributed by atoms with Crippen LogP contribution in [0.2, 0.25) is 0 Å². The van der Waals surface area contributed by atoms with Gasteiger partial charge in [0, 0.05) is 12.4 Å². The Morgan fingerprint density at radius 1 is 1.36 bits per heavy atom. The lowest BCUT2D eigenvalue weighted by molar-refractivity contribution is 0.0936. The summed E-state index contributed by atoms with van der Waals surface area (Å²) in [5.74, 6) is -0.897. The average molecular weight is 315 g/mol. The first kappa shape index (κ1) is 14.3. The van der Waals surface area contributed by atoms with Crippen molar-refractivity contribution >= 4 is 27.5 Å². The van der Waals surface area contributed by atoms with E-state index in [1.54, 1.807) is 42.9 Å². The van der Waals surface area contributed by atoms with Gasteiger partial charge in [-0.3, -0.25) is 14.6 Å². The molecule has 112 valence electrons. The van der Waals surface area contributed by atoms with E-state index in [-0.39, 0.29) is 17.4 Å².